The first-order valence-corrected chi connectivity index (χ1v) is 10.9. The van der Waals surface area contributed by atoms with Crippen molar-refractivity contribution in [1.29, 1.82) is 0 Å². The number of hydrogen-bond donors (Lipinski definition) is 1. The lowest BCUT2D eigenvalue weighted by Crippen LogP contribution is -2.58. The zero-order valence-electron chi connectivity index (χ0n) is 15.8. The highest BCUT2D eigenvalue weighted by molar-refractivity contribution is 5.20. The standard InChI is InChI=1S/C21H32N4O/c26-21-13-16-3-1-2-4-19(16)23-25(21)18-7-5-17(6-8-18)22-20-14-24-11-9-15(20)10-12-24/h13,15,17-18,20,22H,1-12,14H2. The van der Waals surface area contributed by atoms with Crippen LogP contribution in [0, 0.1) is 5.92 Å². The van der Waals surface area contributed by atoms with Gasteiger partial charge in [-0.3, -0.25) is 4.79 Å². The van der Waals surface area contributed by atoms with Crippen LogP contribution < -0.4 is 10.9 Å². The number of nitrogens with zero attached hydrogens (tertiary/aromatic N) is 3. The molecule has 1 saturated carbocycles. The summed E-state index contributed by atoms with van der Waals surface area (Å²) < 4.78 is 1.83. The molecule has 4 heterocycles. The molecule has 1 aromatic rings. The molecular formula is C21H32N4O. The number of piperidine rings is 3. The van der Waals surface area contributed by atoms with Gasteiger partial charge in [0, 0.05) is 24.7 Å². The Labute approximate surface area is 156 Å². The van der Waals surface area contributed by atoms with Gasteiger partial charge in [-0.15, -0.1) is 0 Å². The van der Waals surface area contributed by atoms with Crippen molar-refractivity contribution in [3.8, 4) is 0 Å². The molecule has 6 rings (SSSR count). The molecule has 2 bridgehead atoms. The fourth-order valence-corrected chi connectivity index (χ4v) is 5.78. The van der Waals surface area contributed by atoms with Gasteiger partial charge in [0.05, 0.1) is 11.7 Å². The van der Waals surface area contributed by atoms with E-state index in [0.29, 0.717) is 18.1 Å². The summed E-state index contributed by atoms with van der Waals surface area (Å²) in [5, 5.41) is 8.76. The molecule has 4 fully saturated rings. The number of aryl methyl sites for hydroxylation is 2. The second-order valence-corrected chi connectivity index (χ2v) is 9.02. The summed E-state index contributed by atoms with van der Waals surface area (Å²) >= 11 is 0. The third kappa shape index (κ3) is 3.24. The minimum absolute atomic E-state index is 0.124. The van der Waals surface area contributed by atoms with Gasteiger partial charge < -0.3 is 10.2 Å². The minimum Gasteiger partial charge on any atom is -0.310 e. The van der Waals surface area contributed by atoms with Gasteiger partial charge in [0.1, 0.15) is 0 Å². The molecule has 5 aliphatic rings. The maximum absolute atomic E-state index is 12.6. The number of rotatable bonds is 3. The Balaban J connectivity index is 1.21. The van der Waals surface area contributed by atoms with Crippen LogP contribution in [0.4, 0.5) is 0 Å². The zero-order valence-corrected chi connectivity index (χ0v) is 15.8. The Morgan fingerprint density at radius 3 is 2.50 bits per heavy atom. The van der Waals surface area contributed by atoms with Gasteiger partial charge in [-0.1, -0.05) is 0 Å². The molecular weight excluding hydrogens is 324 g/mol. The quantitative estimate of drug-likeness (QED) is 0.903. The molecule has 1 atom stereocenters. The lowest BCUT2D eigenvalue weighted by Gasteiger charge is -2.47. The molecule has 5 nitrogen and oxygen atoms in total. The van der Waals surface area contributed by atoms with Crippen LogP contribution in [0.25, 0.3) is 0 Å². The van der Waals surface area contributed by atoms with Gasteiger partial charge in [0.15, 0.2) is 0 Å². The molecule has 1 aromatic heterocycles. The molecule has 0 spiro atoms. The Hall–Kier alpha value is -1.20. The Morgan fingerprint density at radius 1 is 1.00 bits per heavy atom. The Bertz CT molecular complexity index is 698. The van der Waals surface area contributed by atoms with Crippen LogP contribution in [-0.4, -0.2) is 46.4 Å². The Morgan fingerprint density at radius 2 is 1.77 bits per heavy atom. The van der Waals surface area contributed by atoms with Gasteiger partial charge in [0.2, 0.25) is 0 Å². The Kier molecular flexibility index (Phi) is 4.61. The maximum atomic E-state index is 12.6. The number of hydrogen-bond acceptors (Lipinski definition) is 4. The van der Waals surface area contributed by atoms with Gasteiger partial charge >= 0.3 is 0 Å². The first-order chi connectivity index (χ1) is 12.8. The van der Waals surface area contributed by atoms with Crippen molar-refractivity contribution in [2.24, 2.45) is 5.92 Å². The predicted octanol–water partition coefficient (Wildman–Crippen LogP) is 2.29. The lowest BCUT2D eigenvalue weighted by atomic mass is 9.82. The highest BCUT2D eigenvalue weighted by Crippen LogP contribution is 2.31. The number of fused-ring (bicyclic) bond motifs is 4. The second-order valence-electron chi connectivity index (χ2n) is 9.02. The summed E-state index contributed by atoms with van der Waals surface area (Å²) in [5.74, 6) is 0.891. The van der Waals surface area contributed by atoms with Gasteiger partial charge in [-0.2, -0.15) is 5.10 Å². The summed E-state index contributed by atoms with van der Waals surface area (Å²) in [5.41, 5.74) is 2.51. The summed E-state index contributed by atoms with van der Waals surface area (Å²) in [7, 11) is 0. The SMILES string of the molecule is O=c1cc2c(nn1C1CCC(NC3CN4CCC3CC4)CC1)CCCC2. The highest BCUT2D eigenvalue weighted by Gasteiger charge is 2.36. The number of nitrogens with one attached hydrogen (secondary N) is 1. The first-order valence-electron chi connectivity index (χ1n) is 10.9. The first kappa shape index (κ1) is 16.9. The van der Waals surface area contributed by atoms with Crippen molar-refractivity contribution in [2.45, 2.75) is 82.3 Å². The van der Waals surface area contributed by atoms with Crippen LogP contribution in [0.15, 0.2) is 10.9 Å². The van der Waals surface area contributed by atoms with E-state index in [-0.39, 0.29) is 5.56 Å². The fourth-order valence-electron chi connectivity index (χ4n) is 5.78. The highest BCUT2D eigenvalue weighted by atomic mass is 16.1. The third-order valence-electron chi connectivity index (χ3n) is 7.38. The lowest BCUT2D eigenvalue weighted by molar-refractivity contribution is 0.0625. The van der Waals surface area contributed by atoms with Crippen molar-refractivity contribution < 1.29 is 0 Å². The average molecular weight is 357 g/mol. The normalized spacial score (nSPS) is 36.7. The van der Waals surface area contributed by atoms with Crippen molar-refractivity contribution in [3.05, 3.63) is 27.7 Å². The van der Waals surface area contributed by atoms with Crippen LogP contribution in [-0.2, 0) is 12.8 Å². The molecule has 3 aliphatic heterocycles. The van der Waals surface area contributed by atoms with Gasteiger partial charge in [-0.05, 0) is 88.8 Å². The molecule has 142 valence electrons. The van der Waals surface area contributed by atoms with E-state index in [1.54, 1.807) is 0 Å². The van der Waals surface area contributed by atoms with Crippen molar-refractivity contribution in [1.82, 2.24) is 20.0 Å². The molecule has 1 unspecified atom stereocenters. The van der Waals surface area contributed by atoms with E-state index < -0.39 is 0 Å². The zero-order chi connectivity index (χ0) is 17.5. The molecule has 0 radical (unpaired) electrons. The fraction of sp³-hybridized carbons (Fsp3) is 0.810. The largest absolute Gasteiger partial charge is 0.310 e. The van der Waals surface area contributed by atoms with E-state index in [0.717, 1.165) is 31.6 Å². The van der Waals surface area contributed by atoms with Gasteiger partial charge in [0.25, 0.3) is 5.56 Å². The molecule has 26 heavy (non-hydrogen) atoms. The van der Waals surface area contributed by atoms with Crippen LogP contribution >= 0.6 is 0 Å². The summed E-state index contributed by atoms with van der Waals surface area (Å²) in [6.45, 7) is 3.86. The molecule has 0 amide bonds. The van der Waals surface area contributed by atoms with Crippen molar-refractivity contribution in [3.63, 3.8) is 0 Å². The average Bonchev–Trinajstić information content (AvgIpc) is 2.69. The maximum Gasteiger partial charge on any atom is 0.267 e. The van der Waals surface area contributed by atoms with Crippen molar-refractivity contribution >= 4 is 0 Å². The van der Waals surface area contributed by atoms with Crippen LogP contribution in [0.3, 0.4) is 0 Å². The summed E-state index contributed by atoms with van der Waals surface area (Å²) in [4.78, 5) is 15.2. The van der Waals surface area contributed by atoms with E-state index in [2.05, 4.69) is 10.2 Å². The number of aromatic nitrogens is 2. The van der Waals surface area contributed by atoms with E-state index in [4.69, 9.17) is 5.10 Å². The molecule has 5 heteroatoms. The monoisotopic (exact) mass is 356 g/mol. The third-order valence-corrected chi connectivity index (χ3v) is 7.38. The van der Waals surface area contributed by atoms with E-state index in [1.807, 2.05) is 10.7 Å². The topological polar surface area (TPSA) is 50.2 Å². The van der Waals surface area contributed by atoms with E-state index in [9.17, 15) is 4.79 Å². The minimum atomic E-state index is 0.124. The summed E-state index contributed by atoms with van der Waals surface area (Å²) in [6.07, 6.45) is 11.8. The summed E-state index contributed by atoms with van der Waals surface area (Å²) in [6, 6.07) is 3.51. The van der Waals surface area contributed by atoms with Crippen molar-refractivity contribution in [2.75, 3.05) is 19.6 Å². The smallest absolute Gasteiger partial charge is 0.267 e. The molecule has 0 aromatic carbocycles. The van der Waals surface area contributed by atoms with Crippen LogP contribution in [0.5, 0.6) is 0 Å². The van der Waals surface area contributed by atoms with Crippen LogP contribution in [0.2, 0.25) is 0 Å². The predicted molar refractivity (Wildman–Crippen MR) is 103 cm³/mol. The second kappa shape index (κ2) is 7.08. The van der Waals surface area contributed by atoms with E-state index in [1.165, 1.54) is 69.4 Å². The molecule has 1 N–H and O–H groups in total. The molecule has 3 saturated heterocycles. The molecule has 2 aliphatic carbocycles. The van der Waals surface area contributed by atoms with E-state index >= 15 is 0 Å². The van der Waals surface area contributed by atoms with Gasteiger partial charge in [-0.25, -0.2) is 4.68 Å². The van der Waals surface area contributed by atoms with Crippen LogP contribution in [0.1, 0.15) is 68.7 Å².